The topological polar surface area (TPSA) is 80.8 Å². The molecule has 39 heavy (non-hydrogen) atoms. The first kappa shape index (κ1) is 26.8. The van der Waals surface area contributed by atoms with Gasteiger partial charge in [-0.3, -0.25) is 0 Å². The third-order valence-corrected chi connectivity index (χ3v) is 7.76. The molecule has 1 aliphatic rings. The number of aromatic nitrogens is 2. The molecule has 5 rings (SSSR count). The number of nitrogen functional groups attached to an aromatic ring is 1. The molecule has 2 aromatic heterocycles. The highest BCUT2D eigenvalue weighted by molar-refractivity contribution is 5.99. The Bertz CT molecular complexity index is 1510. The lowest BCUT2D eigenvalue weighted by Gasteiger charge is -2.37. The van der Waals surface area contributed by atoms with E-state index in [1.807, 2.05) is 37.4 Å². The maximum absolute atomic E-state index is 15.3. The van der Waals surface area contributed by atoms with Gasteiger partial charge in [0, 0.05) is 53.8 Å². The van der Waals surface area contributed by atoms with E-state index in [1.165, 1.54) is 6.20 Å². The minimum atomic E-state index is -0.391. The van der Waals surface area contributed by atoms with E-state index in [9.17, 15) is 0 Å². The molecule has 2 aromatic carbocycles. The van der Waals surface area contributed by atoms with E-state index in [2.05, 4.69) is 58.7 Å². The van der Waals surface area contributed by atoms with Gasteiger partial charge < -0.3 is 34.9 Å². The number of para-hydroxylation sites is 1. The van der Waals surface area contributed by atoms with Gasteiger partial charge in [-0.2, -0.15) is 0 Å². The van der Waals surface area contributed by atoms with E-state index in [4.69, 9.17) is 15.2 Å². The lowest BCUT2D eigenvalue weighted by molar-refractivity contribution is 0.0869. The fourth-order valence-corrected chi connectivity index (χ4v) is 5.21. The summed E-state index contributed by atoms with van der Waals surface area (Å²) < 4.78 is 29.0. The van der Waals surface area contributed by atoms with Crippen molar-refractivity contribution in [3.63, 3.8) is 0 Å². The first-order valence-corrected chi connectivity index (χ1v) is 13.1. The number of likely N-dealkylation sites (N-methyl/N-ethyl adjacent to an activating group) is 2. The molecule has 0 radical (unpaired) electrons. The van der Waals surface area contributed by atoms with Gasteiger partial charge in [0.25, 0.3) is 0 Å². The molecule has 3 heterocycles. The Morgan fingerprint density at radius 1 is 1.18 bits per heavy atom. The van der Waals surface area contributed by atoms with Gasteiger partial charge in [0.1, 0.15) is 17.4 Å². The summed E-state index contributed by atoms with van der Waals surface area (Å²) in [4.78, 5) is 8.64. The van der Waals surface area contributed by atoms with Gasteiger partial charge in [-0.05, 0) is 46.1 Å². The Balaban J connectivity index is 1.51. The molecule has 0 bridgehead atoms. The van der Waals surface area contributed by atoms with Crippen LogP contribution in [-0.4, -0.2) is 61.4 Å². The SMILES string of the molecule is COc1cc(N(C)CC(C)(C)N(C)C)c(N)cc1Nc1cc(-c2c3n(c4ccccc24)CCOC3)c(F)cn1. The normalized spacial score (nSPS) is 13.5. The molecule has 9 heteroatoms. The number of nitrogens with one attached hydrogen (secondary N) is 1. The van der Waals surface area contributed by atoms with E-state index in [0.29, 0.717) is 41.7 Å². The van der Waals surface area contributed by atoms with E-state index in [-0.39, 0.29) is 5.54 Å². The predicted octanol–water partition coefficient (Wildman–Crippen LogP) is 5.48. The van der Waals surface area contributed by atoms with Crippen LogP contribution in [-0.2, 0) is 17.9 Å². The zero-order valence-corrected chi connectivity index (χ0v) is 23.5. The van der Waals surface area contributed by atoms with Crippen LogP contribution in [0.25, 0.3) is 22.0 Å². The lowest BCUT2D eigenvalue weighted by atomic mass is 10.0. The third-order valence-electron chi connectivity index (χ3n) is 7.76. The maximum atomic E-state index is 15.3. The zero-order valence-electron chi connectivity index (χ0n) is 23.5. The highest BCUT2D eigenvalue weighted by atomic mass is 19.1. The first-order chi connectivity index (χ1) is 18.6. The van der Waals surface area contributed by atoms with Crippen molar-refractivity contribution in [1.82, 2.24) is 14.5 Å². The molecule has 8 nitrogen and oxygen atoms in total. The number of hydrogen-bond acceptors (Lipinski definition) is 7. The molecular weight excluding hydrogens is 495 g/mol. The summed E-state index contributed by atoms with van der Waals surface area (Å²) in [6.07, 6.45) is 1.25. The third kappa shape index (κ3) is 4.99. The number of hydrogen-bond donors (Lipinski definition) is 2. The van der Waals surface area contributed by atoms with Crippen LogP contribution in [0, 0.1) is 5.82 Å². The number of fused-ring (bicyclic) bond motifs is 3. The average molecular weight is 533 g/mol. The lowest BCUT2D eigenvalue weighted by Crippen LogP contribution is -2.47. The van der Waals surface area contributed by atoms with Gasteiger partial charge in [-0.25, -0.2) is 9.37 Å². The van der Waals surface area contributed by atoms with E-state index in [1.54, 1.807) is 13.2 Å². The van der Waals surface area contributed by atoms with Crippen molar-refractivity contribution in [1.29, 1.82) is 0 Å². The van der Waals surface area contributed by atoms with Crippen molar-refractivity contribution < 1.29 is 13.9 Å². The van der Waals surface area contributed by atoms with Gasteiger partial charge in [0.15, 0.2) is 0 Å². The summed E-state index contributed by atoms with van der Waals surface area (Å²) in [5.74, 6) is 0.707. The molecule has 0 amide bonds. The number of benzene rings is 2. The maximum Gasteiger partial charge on any atom is 0.149 e. The van der Waals surface area contributed by atoms with Crippen LogP contribution in [0.1, 0.15) is 19.5 Å². The molecule has 0 unspecified atom stereocenters. The molecule has 0 saturated carbocycles. The van der Waals surface area contributed by atoms with Gasteiger partial charge in [-0.1, -0.05) is 18.2 Å². The number of rotatable bonds is 8. The molecule has 0 atom stereocenters. The van der Waals surface area contributed by atoms with Gasteiger partial charge in [0.05, 0.1) is 49.3 Å². The largest absolute Gasteiger partial charge is 0.494 e. The van der Waals surface area contributed by atoms with Crippen LogP contribution in [0.2, 0.25) is 0 Å². The minimum Gasteiger partial charge on any atom is -0.494 e. The molecule has 0 aliphatic carbocycles. The van der Waals surface area contributed by atoms with Crippen molar-refractivity contribution in [2.45, 2.75) is 32.5 Å². The molecule has 206 valence electrons. The molecule has 0 saturated heterocycles. The van der Waals surface area contributed by atoms with Crippen LogP contribution < -0.4 is 20.7 Å². The Morgan fingerprint density at radius 3 is 2.69 bits per heavy atom. The molecule has 0 fully saturated rings. The van der Waals surface area contributed by atoms with Crippen molar-refractivity contribution >= 4 is 33.8 Å². The molecular formula is C30H37FN6O2. The molecule has 0 spiro atoms. The fourth-order valence-electron chi connectivity index (χ4n) is 5.21. The zero-order chi connectivity index (χ0) is 27.9. The first-order valence-electron chi connectivity index (χ1n) is 13.1. The van der Waals surface area contributed by atoms with Gasteiger partial charge >= 0.3 is 0 Å². The second-order valence-electron chi connectivity index (χ2n) is 10.9. The monoisotopic (exact) mass is 532 g/mol. The average Bonchev–Trinajstić information content (AvgIpc) is 3.24. The van der Waals surface area contributed by atoms with Gasteiger partial charge in [-0.15, -0.1) is 0 Å². The summed E-state index contributed by atoms with van der Waals surface area (Å²) in [6.45, 7) is 6.93. The van der Waals surface area contributed by atoms with Crippen molar-refractivity contribution in [3.05, 3.63) is 60.2 Å². The predicted molar refractivity (Wildman–Crippen MR) is 157 cm³/mol. The summed E-state index contributed by atoms with van der Waals surface area (Å²) in [5.41, 5.74) is 11.9. The van der Waals surface area contributed by atoms with E-state index >= 15 is 4.39 Å². The molecule has 1 aliphatic heterocycles. The van der Waals surface area contributed by atoms with Crippen molar-refractivity contribution in [3.8, 4) is 16.9 Å². The number of halogens is 1. The van der Waals surface area contributed by atoms with Crippen LogP contribution in [0.5, 0.6) is 5.75 Å². The smallest absolute Gasteiger partial charge is 0.149 e. The Kier molecular flexibility index (Phi) is 7.13. The number of ether oxygens (including phenoxy) is 2. The Labute approximate surface area is 229 Å². The van der Waals surface area contributed by atoms with Crippen molar-refractivity contribution in [2.24, 2.45) is 0 Å². The molecule has 4 aromatic rings. The highest BCUT2D eigenvalue weighted by Crippen LogP contribution is 2.40. The number of nitrogens with zero attached hydrogens (tertiary/aromatic N) is 4. The second kappa shape index (κ2) is 10.4. The summed E-state index contributed by atoms with van der Waals surface area (Å²) in [5, 5.41) is 4.30. The second-order valence-corrected chi connectivity index (χ2v) is 10.9. The van der Waals surface area contributed by atoms with E-state index in [0.717, 1.165) is 40.9 Å². The fraction of sp³-hybridized carbons (Fsp3) is 0.367. The summed E-state index contributed by atoms with van der Waals surface area (Å²) in [7, 11) is 7.76. The molecule has 3 N–H and O–H groups in total. The van der Waals surface area contributed by atoms with Crippen LogP contribution >= 0.6 is 0 Å². The van der Waals surface area contributed by atoms with E-state index < -0.39 is 5.82 Å². The quantitative estimate of drug-likeness (QED) is 0.291. The van der Waals surface area contributed by atoms with Crippen LogP contribution in [0.3, 0.4) is 0 Å². The summed E-state index contributed by atoms with van der Waals surface area (Å²) in [6, 6.07) is 13.6. The number of methoxy groups -OCH3 is 1. The Hall–Kier alpha value is -3.82. The van der Waals surface area contributed by atoms with Crippen LogP contribution in [0.4, 0.5) is 27.3 Å². The highest BCUT2D eigenvalue weighted by Gasteiger charge is 2.25. The standard InChI is InChI=1S/C30H37FN6O2/c1-30(2,35(3)4)18-36(5)25-15-27(38-6)23(14-22(25)32)34-28-13-20(21(31)16-33-28)29-19-9-7-8-10-24(19)37-11-12-39-17-26(29)37/h7-10,13-16H,11-12,17-18,32H2,1-6H3,(H,33,34). The Morgan fingerprint density at radius 2 is 1.95 bits per heavy atom. The number of anilines is 4. The van der Waals surface area contributed by atoms with Crippen molar-refractivity contribution in [2.75, 3.05) is 57.4 Å². The summed E-state index contributed by atoms with van der Waals surface area (Å²) >= 11 is 0. The number of nitrogens with two attached hydrogens (primary N) is 1. The van der Waals surface area contributed by atoms with Crippen LogP contribution in [0.15, 0.2) is 48.7 Å². The number of pyridine rings is 1. The minimum absolute atomic E-state index is 0.0622. The van der Waals surface area contributed by atoms with Gasteiger partial charge in [0.2, 0.25) is 0 Å².